The van der Waals surface area contributed by atoms with E-state index in [0.717, 1.165) is 12.1 Å². The molecule has 2 heteroatoms. The van der Waals surface area contributed by atoms with E-state index in [1.165, 1.54) is 36.0 Å². The predicted octanol–water partition coefficient (Wildman–Crippen LogP) is 2.06. The van der Waals surface area contributed by atoms with Crippen LogP contribution in [0.1, 0.15) is 29.5 Å². The van der Waals surface area contributed by atoms with Crippen LogP contribution in [0, 0.1) is 0 Å². The third-order valence-electron chi connectivity index (χ3n) is 3.21. The molecule has 0 radical (unpaired) electrons. The minimum atomic E-state index is 0.162. The average Bonchev–Trinajstić information content (AvgIpc) is 2.61. The van der Waals surface area contributed by atoms with Gasteiger partial charge in [-0.1, -0.05) is 6.07 Å². The van der Waals surface area contributed by atoms with Gasteiger partial charge in [-0.2, -0.15) is 0 Å². The molecular weight excluding hydrogens is 174 g/mol. The van der Waals surface area contributed by atoms with Crippen LogP contribution in [-0.2, 0) is 24.1 Å². The van der Waals surface area contributed by atoms with E-state index < -0.39 is 0 Å². The van der Waals surface area contributed by atoms with Crippen LogP contribution in [0.4, 0.5) is 5.69 Å². The zero-order valence-corrected chi connectivity index (χ0v) is 8.10. The van der Waals surface area contributed by atoms with E-state index in [1.54, 1.807) is 0 Å². The molecule has 0 bridgehead atoms. The standard InChI is InChI=1S/C12H13NO/c14-12-5-4-10-6-8-2-1-3-9(8)7-11(10)13-12/h6-7H,1-5H2,(H,13,14). The first-order valence-corrected chi connectivity index (χ1v) is 5.27. The van der Waals surface area contributed by atoms with E-state index in [-0.39, 0.29) is 5.91 Å². The molecule has 1 amide bonds. The molecule has 0 aromatic heterocycles. The van der Waals surface area contributed by atoms with Crippen molar-refractivity contribution in [3.8, 4) is 0 Å². The molecule has 0 saturated carbocycles. The summed E-state index contributed by atoms with van der Waals surface area (Å²) in [6, 6.07) is 4.46. The maximum absolute atomic E-state index is 11.2. The van der Waals surface area contributed by atoms with Crippen LogP contribution in [0.5, 0.6) is 0 Å². The third-order valence-corrected chi connectivity index (χ3v) is 3.21. The monoisotopic (exact) mass is 187 g/mol. The number of anilines is 1. The molecule has 1 aliphatic heterocycles. The minimum Gasteiger partial charge on any atom is -0.326 e. The molecule has 1 aliphatic carbocycles. The number of nitrogens with one attached hydrogen (secondary N) is 1. The van der Waals surface area contributed by atoms with Gasteiger partial charge in [-0.3, -0.25) is 4.79 Å². The van der Waals surface area contributed by atoms with Crippen molar-refractivity contribution in [3.05, 3.63) is 28.8 Å². The molecule has 2 aliphatic rings. The van der Waals surface area contributed by atoms with Crippen LogP contribution in [0.15, 0.2) is 12.1 Å². The highest BCUT2D eigenvalue weighted by molar-refractivity contribution is 5.94. The largest absolute Gasteiger partial charge is 0.326 e. The molecule has 1 heterocycles. The third kappa shape index (κ3) is 1.14. The fourth-order valence-corrected chi connectivity index (χ4v) is 2.46. The van der Waals surface area contributed by atoms with Gasteiger partial charge in [0, 0.05) is 12.1 Å². The maximum Gasteiger partial charge on any atom is 0.224 e. The summed E-state index contributed by atoms with van der Waals surface area (Å²) in [5, 5.41) is 2.95. The van der Waals surface area contributed by atoms with Crippen molar-refractivity contribution in [1.82, 2.24) is 0 Å². The van der Waals surface area contributed by atoms with Crippen LogP contribution in [0.25, 0.3) is 0 Å². The molecule has 0 spiro atoms. The van der Waals surface area contributed by atoms with E-state index in [0.29, 0.717) is 6.42 Å². The number of carbonyl (C=O) groups is 1. The van der Waals surface area contributed by atoms with Gasteiger partial charge in [0.05, 0.1) is 0 Å². The fourth-order valence-electron chi connectivity index (χ4n) is 2.46. The van der Waals surface area contributed by atoms with Gasteiger partial charge >= 0.3 is 0 Å². The summed E-state index contributed by atoms with van der Waals surface area (Å²) in [5.74, 6) is 0.162. The summed E-state index contributed by atoms with van der Waals surface area (Å²) in [7, 11) is 0. The molecule has 72 valence electrons. The van der Waals surface area contributed by atoms with Crippen molar-refractivity contribution in [2.75, 3.05) is 5.32 Å². The molecule has 3 rings (SSSR count). The Kier molecular flexibility index (Phi) is 1.63. The molecule has 14 heavy (non-hydrogen) atoms. The lowest BCUT2D eigenvalue weighted by atomic mass is 9.98. The van der Waals surface area contributed by atoms with Crippen LogP contribution in [0.3, 0.4) is 0 Å². The molecule has 1 aromatic carbocycles. The number of rotatable bonds is 0. The Bertz CT molecular complexity index is 409. The lowest BCUT2D eigenvalue weighted by Gasteiger charge is -2.18. The smallest absolute Gasteiger partial charge is 0.224 e. The van der Waals surface area contributed by atoms with Crippen molar-refractivity contribution in [1.29, 1.82) is 0 Å². The van der Waals surface area contributed by atoms with Crippen molar-refractivity contribution in [3.63, 3.8) is 0 Å². The Morgan fingerprint density at radius 3 is 2.57 bits per heavy atom. The molecular formula is C12H13NO. The van der Waals surface area contributed by atoms with E-state index >= 15 is 0 Å². The van der Waals surface area contributed by atoms with Crippen molar-refractivity contribution >= 4 is 11.6 Å². The van der Waals surface area contributed by atoms with Gasteiger partial charge in [0.1, 0.15) is 0 Å². The summed E-state index contributed by atoms with van der Waals surface area (Å²) in [5.41, 5.74) is 5.32. The average molecular weight is 187 g/mol. The van der Waals surface area contributed by atoms with Crippen LogP contribution in [-0.4, -0.2) is 5.91 Å². The van der Waals surface area contributed by atoms with Crippen LogP contribution in [0.2, 0.25) is 0 Å². The lowest BCUT2D eigenvalue weighted by Crippen LogP contribution is -2.19. The van der Waals surface area contributed by atoms with Gasteiger partial charge in [0.25, 0.3) is 0 Å². The zero-order valence-electron chi connectivity index (χ0n) is 8.10. The first kappa shape index (κ1) is 8.04. The highest BCUT2D eigenvalue weighted by Crippen LogP contribution is 2.31. The first-order valence-electron chi connectivity index (χ1n) is 5.27. The second-order valence-electron chi connectivity index (χ2n) is 4.18. The Morgan fingerprint density at radius 2 is 1.71 bits per heavy atom. The second-order valence-corrected chi connectivity index (χ2v) is 4.18. The Balaban J connectivity index is 2.10. The number of fused-ring (bicyclic) bond motifs is 2. The van der Waals surface area contributed by atoms with Crippen molar-refractivity contribution in [2.24, 2.45) is 0 Å². The number of amides is 1. The molecule has 1 aromatic rings. The minimum absolute atomic E-state index is 0.162. The first-order chi connectivity index (χ1) is 6.83. The fraction of sp³-hybridized carbons (Fsp3) is 0.417. The normalized spacial score (nSPS) is 18.7. The van der Waals surface area contributed by atoms with Crippen molar-refractivity contribution in [2.45, 2.75) is 32.1 Å². The Labute approximate surface area is 83.3 Å². The van der Waals surface area contributed by atoms with Gasteiger partial charge in [0.2, 0.25) is 5.91 Å². The summed E-state index contributed by atoms with van der Waals surface area (Å²) in [6.07, 6.45) is 5.22. The summed E-state index contributed by atoms with van der Waals surface area (Å²) < 4.78 is 0. The van der Waals surface area contributed by atoms with Crippen molar-refractivity contribution < 1.29 is 4.79 Å². The topological polar surface area (TPSA) is 29.1 Å². The molecule has 0 saturated heterocycles. The number of aryl methyl sites for hydroxylation is 3. The predicted molar refractivity (Wildman–Crippen MR) is 55.4 cm³/mol. The van der Waals surface area contributed by atoms with E-state index in [4.69, 9.17) is 0 Å². The zero-order chi connectivity index (χ0) is 9.54. The second kappa shape index (κ2) is 2.84. The van der Waals surface area contributed by atoms with E-state index in [9.17, 15) is 4.79 Å². The molecule has 0 unspecified atom stereocenters. The van der Waals surface area contributed by atoms with Gasteiger partial charge in [-0.25, -0.2) is 0 Å². The Hall–Kier alpha value is -1.31. The van der Waals surface area contributed by atoms with E-state index in [1.807, 2.05) is 0 Å². The summed E-state index contributed by atoms with van der Waals surface area (Å²) in [6.45, 7) is 0. The van der Waals surface area contributed by atoms with E-state index in [2.05, 4.69) is 17.4 Å². The summed E-state index contributed by atoms with van der Waals surface area (Å²) in [4.78, 5) is 11.2. The highest BCUT2D eigenvalue weighted by atomic mass is 16.1. The van der Waals surface area contributed by atoms with Gasteiger partial charge < -0.3 is 5.32 Å². The number of hydrogen-bond acceptors (Lipinski definition) is 1. The molecule has 0 atom stereocenters. The quantitative estimate of drug-likeness (QED) is 0.661. The van der Waals surface area contributed by atoms with Gasteiger partial charge in [-0.15, -0.1) is 0 Å². The van der Waals surface area contributed by atoms with Crippen LogP contribution >= 0.6 is 0 Å². The molecule has 1 N–H and O–H groups in total. The number of carbonyl (C=O) groups excluding carboxylic acids is 1. The van der Waals surface area contributed by atoms with Gasteiger partial charge in [-0.05, 0) is 48.4 Å². The number of benzene rings is 1. The SMILES string of the molecule is O=C1CCc2cc3c(cc2N1)CCC3. The molecule has 2 nitrogen and oxygen atoms in total. The maximum atomic E-state index is 11.2. The summed E-state index contributed by atoms with van der Waals surface area (Å²) >= 11 is 0. The molecule has 0 fully saturated rings. The number of hydrogen-bond donors (Lipinski definition) is 1. The van der Waals surface area contributed by atoms with Gasteiger partial charge in [0.15, 0.2) is 0 Å². The Morgan fingerprint density at radius 1 is 0.929 bits per heavy atom. The van der Waals surface area contributed by atoms with Crippen LogP contribution < -0.4 is 5.32 Å². The highest BCUT2D eigenvalue weighted by Gasteiger charge is 2.19. The lowest BCUT2D eigenvalue weighted by molar-refractivity contribution is -0.116.